The van der Waals surface area contributed by atoms with Crippen molar-refractivity contribution >= 4 is 12.1 Å². The third kappa shape index (κ3) is 1.96. The van der Waals surface area contributed by atoms with Crippen LogP contribution in [-0.2, 0) is 16.8 Å². The maximum atomic E-state index is 11.9. The van der Waals surface area contributed by atoms with Gasteiger partial charge in [0.25, 0.3) is 0 Å². The molecule has 2 rings (SSSR count). The summed E-state index contributed by atoms with van der Waals surface area (Å²) in [6, 6.07) is 0. The summed E-state index contributed by atoms with van der Waals surface area (Å²) in [5.74, 6) is -1.12. The van der Waals surface area contributed by atoms with Gasteiger partial charge in [-0.3, -0.25) is 10.00 Å². The molecule has 7 nitrogen and oxygen atoms in total. The van der Waals surface area contributed by atoms with Crippen molar-refractivity contribution < 1.29 is 19.4 Å². The van der Waals surface area contributed by atoms with Gasteiger partial charge < -0.3 is 9.84 Å². The molecule has 1 amide bonds. The number of aromatic nitrogens is 2. The summed E-state index contributed by atoms with van der Waals surface area (Å²) in [6.07, 6.45) is 0.968. The van der Waals surface area contributed by atoms with E-state index >= 15 is 0 Å². The predicted octanol–water partition coefficient (Wildman–Crippen LogP) is 1.48. The number of hydrogen-bond acceptors (Lipinski definition) is 4. The summed E-state index contributed by atoms with van der Waals surface area (Å²) in [4.78, 5) is 24.5. The van der Waals surface area contributed by atoms with Gasteiger partial charge >= 0.3 is 12.1 Å². The van der Waals surface area contributed by atoms with Crippen LogP contribution in [0.15, 0.2) is 12.7 Å². The van der Waals surface area contributed by atoms with Crippen LogP contribution in [0.3, 0.4) is 0 Å². The minimum absolute atomic E-state index is 0.0536. The second kappa shape index (κ2) is 4.42. The molecule has 0 aromatic carbocycles. The maximum Gasteiger partial charge on any atom is 0.411 e. The highest BCUT2D eigenvalue weighted by molar-refractivity contribution is 5.88. The lowest BCUT2D eigenvalue weighted by Gasteiger charge is -2.30. The van der Waals surface area contributed by atoms with Gasteiger partial charge in [-0.2, -0.15) is 5.10 Å². The molecule has 102 valence electrons. The smallest absolute Gasteiger partial charge is 0.411 e. The van der Waals surface area contributed by atoms with Gasteiger partial charge in [-0.25, -0.2) is 9.59 Å². The predicted molar refractivity (Wildman–Crippen MR) is 65.7 cm³/mol. The number of nitrogens with one attached hydrogen (secondary N) is 1. The fraction of sp³-hybridized carbons (Fsp3) is 0.417. The number of nitrogens with zero attached hydrogens (tertiary/aromatic N) is 2. The number of aromatic carboxylic acids is 1. The molecule has 0 radical (unpaired) electrons. The van der Waals surface area contributed by atoms with E-state index in [2.05, 4.69) is 16.8 Å². The molecular formula is C12H15N3O4. The molecule has 0 bridgehead atoms. The van der Waals surface area contributed by atoms with Crippen molar-refractivity contribution in [3.63, 3.8) is 0 Å². The molecule has 1 aliphatic heterocycles. The van der Waals surface area contributed by atoms with E-state index in [1.54, 1.807) is 13.8 Å². The lowest BCUT2D eigenvalue weighted by Crippen LogP contribution is -2.41. The highest BCUT2D eigenvalue weighted by Crippen LogP contribution is 2.39. The van der Waals surface area contributed by atoms with Crippen LogP contribution in [0.25, 0.3) is 0 Å². The average Bonchev–Trinajstić information content (AvgIpc) is 2.86. The lowest BCUT2D eigenvalue weighted by molar-refractivity contribution is 0.0665. The quantitative estimate of drug-likeness (QED) is 0.807. The summed E-state index contributed by atoms with van der Waals surface area (Å²) >= 11 is 0. The van der Waals surface area contributed by atoms with Crippen LogP contribution in [0.2, 0.25) is 0 Å². The minimum Gasteiger partial charge on any atom is -0.476 e. The van der Waals surface area contributed by atoms with Crippen molar-refractivity contribution in [2.45, 2.75) is 25.9 Å². The van der Waals surface area contributed by atoms with Crippen LogP contribution in [0.1, 0.15) is 35.6 Å². The highest BCUT2D eigenvalue weighted by atomic mass is 16.6. The fourth-order valence-corrected chi connectivity index (χ4v) is 2.19. The molecule has 7 heteroatoms. The van der Waals surface area contributed by atoms with Crippen LogP contribution < -0.4 is 0 Å². The van der Waals surface area contributed by atoms with Gasteiger partial charge in [-0.05, 0) is 13.8 Å². The largest absolute Gasteiger partial charge is 0.476 e. The Labute approximate surface area is 109 Å². The zero-order chi connectivity index (χ0) is 14.2. The number of carbonyl (C=O) groups is 2. The van der Waals surface area contributed by atoms with E-state index in [-0.39, 0.29) is 18.8 Å². The third-order valence-electron chi connectivity index (χ3n) is 3.22. The normalized spacial score (nSPS) is 16.0. The van der Waals surface area contributed by atoms with Crippen molar-refractivity contribution in [3.8, 4) is 0 Å². The molecule has 19 heavy (non-hydrogen) atoms. The van der Waals surface area contributed by atoms with Crippen LogP contribution >= 0.6 is 0 Å². The first-order chi connectivity index (χ1) is 8.89. The number of carbonyl (C=O) groups excluding carboxylic acids is 1. The first kappa shape index (κ1) is 13.1. The summed E-state index contributed by atoms with van der Waals surface area (Å²) < 4.78 is 5.00. The number of aromatic amines is 1. The van der Waals surface area contributed by atoms with Gasteiger partial charge in [0.05, 0.1) is 17.8 Å². The number of amides is 1. The van der Waals surface area contributed by atoms with Crippen LogP contribution in [-0.4, -0.2) is 38.9 Å². The van der Waals surface area contributed by atoms with E-state index in [0.717, 1.165) is 0 Å². The fourth-order valence-electron chi connectivity index (χ4n) is 2.19. The molecule has 0 aliphatic carbocycles. The molecule has 0 saturated heterocycles. The Bertz CT molecular complexity index is 547. The molecule has 2 heterocycles. The Morgan fingerprint density at radius 2 is 2.32 bits per heavy atom. The molecular weight excluding hydrogens is 250 g/mol. The molecule has 0 spiro atoms. The second-order valence-electron chi connectivity index (χ2n) is 4.74. The molecule has 0 fully saturated rings. The van der Waals surface area contributed by atoms with Crippen molar-refractivity contribution in [1.82, 2.24) is 15.1 Å². The Hall–Kier alpha value is -2.31. The van der Waals surface area contributed by atoms with E-state index < -0.39 is 17.6 Å². The Kier molecular flexibility index (Phi) is 3.05. The number of carboxylic acid groups (broad SMARTS) is 1. The van der Waals surface area contributed by atoms with Gasteiger partial charge in [-0.1, -0.05) is 12.7 Å². The van der Waals surface area contributed by atoms with Gasteiger partial charge in [0.15, 0.2) is 5.69 Å². The summed E-state index contributed by atoms with van der Waals surface area (Å²) in [7, 11) is 0. The van der Waals surface area contributed by atoms with Gasteiger partial charge in [0.2, 0.25) is 0 Å². The zero-order valence-corrected chi connectivity index (χ0v) is 10.8. The molecule has 1 aromatic heterocycles. The van der Waals surface area contributed by atoms with E-state index in [1.165, 1.54) is 11.0 Å². The minimum atomic E-state index is -1.12. The molecule has 0 saturated carbocycles. The van der Waals surface area contributed by atoms with Crippen molar-refractivity contribution in [2.24, 2.45) is 0 Å². The second-order valence-corrected chi connectivity index (χ2v) is 4.74. The number of hydrogen-bond donors (Lipinski definition) is 2. The Morgan fingerprint density at radius 3 is 2.89 bits per heavy atom. The molecule has 1 aliphatic rings. The monoisotopic (exact) mass is 265 g/mol. The van der Waals surface area contributed by atoms with Crippen molar-refractivity contribution in [1.29, 1.82) is 0 Å². The van der Waals surface area contributed by atoms with Crippen LogP contribution in [0.5, 0.6) is 0 Å². The summed E-state index contributed by atoms with van der Waals surface area (Å²) in [5.41, 5.74) is 0.407. The first-order valence-corrected chi connectivity index (χ1v) is 5.76. The van der Waals surface area contributed by atoms with Crippen LogP contribution in [0, 0.1) is 0 Å². The Balaban J connectivity index is 2.31. The summed E-state index contributed by atoms with van der Waals surface area (Å²) in [5, 5.41) is 15.5. The van der Waals surface area contributed by atoms with E-state index in [0.29, 0.717) is 11.3 Å². The highest BCUT2D eigenvalue weighted by Gasteiger charge is 2.45. The third-order valence-corrected chi connectivity index (χ3v) is 3.22. The number of carboxylic acids is 1. The average molecular weight is 265 g/mol. The lowest BCUT2D eigenvalue weighted by atomic mass is 10.0. The molecule has 0 atom stereocenters. The Morgan fingerprint density at radius 1 is 1.63 bits per heavy atom. The van der Waals surface area contributed by atoms with E-state index in [1.807, 2.05) is 0 Å². The molecule has 0 unspecified atom stereocenters. The maximum absolute atomic E-state index is 11.9. The van der Waals surface area contributed by atoms with Crippen molar-refractivity contribution in [3.05, 3.63) is 29.6 Å². The standard InChI is InChI=1S/C12H15N3O4/c1-4-5-19-11(18)15-6-7-8(10(16)17)13-14-9(7)12(15,2)3/h4H,1,5-6H2,2-3H3,(H,13,14)(H,16,17). The number of ether oxygens (including phenoxy) is 1. The van der Waals surface area contributed by atoms with Gasteiger partial charge in [0.1, 0.15) is 6.61 Å². The van der Waals surface area contributed by atoms with E-state index in [9.17, 15) is 9.59 Å². The molecule has 2 N–H and O–H groups in total. The van der Waals surface area contributed by atoms with Gasteiger partial charge in [-0.15, -0.1) is 0 Å². The molecule has 1 aromatic rings. The number of rotatable bonds is 3. The first-order valence-electron chi connectivity index (χ1n) is 5.76. The zero-order valence-electron chi connectivity index (χ0n) is 10.8. The van der Waals surface area contributed by atoms with Crippen molar-refractivity contribution in [2.75, 3.05) is 6.61 Å². The number of fused-ring (bicyclic) bond motifs is 1. The summed E-state index contributed by atoms with van der Waals surface area (Å²) in [6.45, 7) is 7.36. The van der Waals surface area contributed by atoms with E-state index in [4.69, 9.17) is 9.84 Å². The topological polar surface area (TPSA) is 95.5 Å². The van der Waals surface area contributed by atoms with Gasteiger partial charge in [0, 0.05) is 5.56 Å². The number of H-pyrrole nitrogens is 1. The van der Waals surface area contributed by atoms with Crippen LogP contribution in [0.4, 0.5) is 4.79 Å². The SMILES string of the molecule is C=CCOC(=O)N1Cc2c(C(=O)O)n[nH]c2C1(C)C.